The van der Waals surface area contributed by atoms with Crippen molar-refractivity contribution < 1.29 is 14.0 Å². The number of carbonyl (C=O) groups excluding carboxylic acids is 2. The van der Waals surface area contributed by atoms with Gasteiger partial charge in [0, 0.05) is 31.6 Å². The van der Waals surface area contributed by atoms with Gasteiger partial charge in [0.15, 0.2) is 0 Å². The first-order valence-corrected chi connectivity index (χ1v) is 10.7. The van der Waals surface area contributed by atoms with Crippen LogP contribution in [0.4, 0.5) is 4.39 Å². The third-order valence-electron chi connectivity index (χ3n) is 4.63. The van der Waals surface area contributed by atoms with Gasteiger partial charge in [0.2, 0.25) is 0 Å². The van der Waals surface area contributed by atoms with E-state index in [1.165, 1.54) is 23.5 Å². The molecule has 0 spiro atoms. The largest absolute Gasteiger partial charge is 0.337 e. The van der Waals surface area contributed by atoms with Crippen LogP contribution in [-0.2, 0) is 0 Å². The van der Waals surface area contributed by atoms with Crippen LogP contribution in [0.1, 0.15) is 27.3 Å². The highest BCUT2D eigenvalue weighted by Gasteiger charge is 2.26. The van der Waals surface area contributed by atoms with Crippen molar-refractivity contribution in [2.75, 3.05) is 26.2 Å². The number of hydrogen-bond donors (Lipinski definition) is 0. The Morgan fingerprint density at radius 1 is 0.929 bits per heavy atom. The summed E-state index contributed by atoms with van der Waals surface area (Å²) in [7, 11) is 0. The Morgan fingerprint density at radius 2 is 1.68 bits per heavy atom. The molecule has 0 bridgehead atoms. The molecule has 2 amide bonds. The lowest BCUT2D eigenvalue weighted by Crippen LogP contribution is -2.37. The molecule has 0 aliphatic carbocycles. The predicted molar refractivity (Wildman–Crippen MR) is 108 cm³/mol. The minimum atomic E-state index is -0.520. The topological polar surface area (TPSA) is 53.5 Å². The lowest BCUT2D eigenvalue weighted by atomic mass is 10.2. The van der Waals surface area contributed by atoms with Crippen molar-refractivity contribution in [3.8, 4) is 9.88 Å². The number of carbonyl (C=O) groups is 2. The zero-order valence-electron chi connectivity index (χ0n) is 15.0. The van der Waals surface area contributed by atoms with Crippen molar-refractivity contribution in [2.24, 2.45) is 0 Å². The van der Waals surface area contributed by atoms with Crippen molar-refractivity contribution in [1.29, 1.82) is 0 Å². The van der Waals surface area contributed by atoms with Gasteiger partial charge in [0.1, 0.15) is 16.5 Å². The highest BCUT2D eigenvalue weighted by atomic mass is 32.1. The van der Waals surface area contributed by atoms with Crippen molar-refractivity contribution in [3.05, 3.63) is 64.2 Å². The number of hydrogen-bond acceptors (Lipinski definition) is 5. The Kier molecular flexibility index (Phi) is 5.50. The Morgan fingerprint density at radius 3 is 2.39 bits per heavy atom. The fraction of sp³-hybridized carbons (Fsp3) is 0.250. The molecule has 3 aromatic rings. The van der Waals surface area contributed by atoms with E-state index in [0.717, 1.165) is 9.88 Å². The summed E-state index contributed by atoms with van der Waals surface area (Å²) in [4.78, 5) is 34.3. The van der Waals surface area contributed by atoms with Crippen LogP contribution < -0.4 is 0 Å². The van der Waals surface area contributed by atoms with Crippen molar-refractivity contribution >= 4 is 34.5 Å². The van der Waals surface area contributed by atoms with E-state index in [1.54, 1.807) is 38.6 Å². The second-order valence-corrected chi connectivity index (χ2v) is 8.24. The van der Waals surface area contributed by atoms with Gasteiger partial charge in [0.25, 0.3) is 11.8 Å². The molecule has 28 heavy (non-hydrogen) atoms. The number of thiophene rings is 1. The van der Waals surface area contributed by atoms with Crippen LogP contribution in [-0.4, -0.2) is 52.8 Å². The van der Waals surface area contributed by atoms with E-state index in [2.05, 4.69) is 4.98 Å². The second-order valence-electron chi connectivity index (χ2n) is 6.43. The maximum absolute atomic E-state index is 13.9. The lowest BCUT2D eigenvalue weighted by Gasteiger charge is -2.22. The quantitative estimate of drug-likeness (QED) is 0.650. The van der Waals surface area contributed by atoms with E-state index in [1.807, 2.05) is 17.5 Å². The molecular formula is C20H18FN3O2S2. The van der Waals surface area contributed by atoms with Crippen LogP contribution in [0, 0.1) is 5.82 Å². The summed E-state index contributed by atoms with van der Waals surface area (Å²) >= 11 is 3.05. The van der Waals surface area contributed by atoms with Gasteiger partial charge in [0.05, 0.1) is 10.4 Å². The molecule has 0 N–H and O–H groups in total. The van der Waals surface area contributed by atoms with Gasteiger partial charge in [-0.05, 0) is 30.0 Å². The van der Waals surface area contributed by atoms with Gasteiger partial charge in [-0.25, -0.2) is 9.37 Å². The van der Waals surface area contributed by atoms with Crippen LogP contribution in [0.25, 0.3) is 9.88 Å². The van der Waals surface area contributed by atoms with E-state index < -0.39 is 5.82 Å². The molecule has 1 fully saturated rings. The molecule has 5 nitrogen and oxygen atoms in total. The van der Waals surface area contributed by atoms with Crippen LogP contribution in [0.5, 0.6) is 0 Å². The zero-order valence-corrected chi connectivity index (χ0v) is 16.6. The van der Waals surface area contributed by atoms with Gasteiger partial charge in [-0.1, -0.05) is 18.2 Å². The summed E-state index contributed by atoms with van der Waals surface area (Å²) < 4.78 is 13.9. The van der Waals surface area contributed by atoms with Gasteiger partial charge >= 0.3 is 0 Å². The van der Waals surface area contributed by atoms with Crippen LogP contribution in [0.2, 0.25) is 0 Å². The first kappa shape index (κ1) is 18.8. The monoisotopic (exact) mass is 415 g/mol. The Hall–Kier alpha value is -2.58. The third kappa shape index (κ3) is 3.83. The summed E-state index contributed by atoms with van der Waals surface area (Å²) in [5.74, 6) is -0.978. The van der Waals surface area contributed by atoms with E-state index in [-0.39, 0.29) is 17.4 Å². The Bertz CT molecular complexity index is 987. The molecule has 1 aromatic carbocycles. The van der Waals surface area contributed by atoms with Crippen molar-refractivity contribution in [2.45, 2.75) is 6.42 Å². The summed E-state index contributed by atoms with van der Waals surface area (Å²) in [6.45, 7) is 1.83. The number of amides is 2. The fourth-order valence-corrected chi connectivity index (χ4v) is 4.78. The van der Waals surface area contributed by atoms with E-state index in [4.69, 9.17) is 0 Å². The highest BCUT2D eigenvalue weighted by molar-refractivity contribution is 7.20. The van der Waals surface area contributed by atoms with E-state index in [9.17, 15) is 14.0 Å². The summed E-state index contributed by atoms with van der Waals surface area (Å²) in [5, 5.41) is 4.60. The molecule has 1 aliphatic rings. The first-order chi connectivity index (χ1) is 13.6. The molecule has 4 rings (SSSR count). The molecule has 144 valence electrons. The summed E-state index contributed by atoms with van der Waals surface area (Å²) in [5.41, 5.74) is 0.504. The number of benzene rings is 1. The van der Waals surface area contributed by atoms with Gasteiger partial charge < -0.3 is 9.80 Å². The first-order valence-electron chi connectivity index (χ1n) is 8.96. The van der Waals surface area contributed by atoms with Crippen molar-refractivity contribution in [1.82, 2.24) is 14.8 Å². The van der Waals surface area contributed by atoms with Gasteiger partial charge in [-0.15, -0.1) is 22.7 Å². The second kappa shape index (κ2) is 8.20. The number of aromatic nitrogens is 1. The molecule has 0 saturated carbocycles. The highest BCUT2D eigenvalue weighted by Crippen LogP contribution is 2.28. The molecule has 3 heterocycles. The van der Waals surface area contributed by atoms with E-state index in [0.29, 0.717) is 38.3 Å². The normalized spacial score (nSPS) is 14.8. The van der Waals surface area contributed by atoms with Crippen molar-refractivity contribution in [3.63, 3.8) is 0 Å². The number of rotatable bonds is 3. The molecule has 2 aromatic heterocycles. The van der Waals surface area contributed by atoms with E-state index >= 15 is 0 Å². The minimum absolute atomic E-state index is 0.0716. The van der Waals surface area contributed by atoms with Crippen LogP contribution in [0.3, 0.4) is 0 Å². The Balaban J connectivity index is 1.43. The summed E-state index contributed by atoms with van der Waals surface area (Å²) in [6, 6.07) is 9.93. The molecular weight excluding hydrogens is 397 g/mol. The average Bonchev–Trinajstić information content (AvgIpc) is 3.35. The van der Waals surface area contributed by atoms with Gasteiger partial charge in [-0.3, -0.25) is 9.59 Å². The predicted octanol–water partition coefficient (Wildman–Crippen LogP) is 4.00. The zero-order chi connectivity index (χ0) is 19.5. The molecule has 0 radical (unpaired) electrons. The third-order valence-corrected chi connectivity index (χ3v) is 6.51. The van der Waals surface area contributed by atoms with Crippen LogP contribution in [0.15, 0.2) is 47.2 Å². The maximum Gasteiger partial charge on any atom is 0.273 e. The smallest absolute Gasteiger partial charge is 0.273 e. The SMILES string of the molecule is O=C(c1csc(-c2cccs2)n1)N1CCCN(C(=O)c2ccccc2F)CC1. The number of halogens is 1. The Labute approximate surface area is 170 Å². The number of thiazole rings is 1. The molecule has 0 atom stereocenters. The molecule has 0 unspecified atom stereocenters. The number of nitrogens with zero attached hydrogens (tertiary/aromatic N) is 3. The molecule has 8 heteroatoms. The lowest BCUT2D eigenvalue weighted by molar-refractivity contribution is 0.0713. The average molecular weight is 416 g/mol. The molecule has 1 saturated heterocycles. The maximum atomic E-state index is 13.9. The summed E-state index contributed by atoms with van der Waals surface area (Å²) in [6.07, 6.45) is 0.647. The van der Waals surface area contributed by atoms with Gasteiger partial charge in [-0.2, -0.15) is 0 Å². The standard InChI is InChI=1S/C20H18FN3O2S2/c21-15-6-2-1-5-14(15)19(25)23-8-4-9-24(11-10-23)20(26)16-13-28-18(22-16)17-7-3-12-27-17/h1-3,5-7,12-13H,4,8-11H2. The minimum Gasteiger partial charge on any atom is -0.337 e. The fourth-order valence-electron chi connectivity index (χ4n) is 3.18. The molecule has 1 aliphatic heterocycles. The van der Waals surface area contributed by atoms with Crippen LogP contribution >= 0.6 is 22.7 Å².